The molecule has 2 aromatic carbocycles. The number of hydrogen-bond acceptors (Lipinski definition) is 4. The number of para-hydroxylation sites is 2. The molecule has 4 aromatic rings. The molecule has 2 unspecified atom stereocenters. The molecule has 1 aliphatic heterocycles. The second-order valence-electron chi connectivity index (χ2n) is 7.52. The van der Waals surface area contributed by atoms with Crippen molar-refractivity contribution in [2.24, 2.45) is 0 Å². The lowest BCUT2D eigenvalue weighted by Crippen LogP contribution is -2.39. The van der Waals surface area contributed by atoms with E-state index in [1.54, 1.807) is 0 Å². The minimum absolute atomic E-state index is 0.191. The van der Waals surface area contributed by atoms with Gasteiger partial charge >= 0.3 is 5.97 Å². The van der Waals surface area contributed by atoms with Gasteiger partial charge in [-0.25, -0.2) is 0 Å². The highest BCUT2D eigenvalue weighted by Crippen LogP contribution is 2.38. The lowest BCUT2D eigenvalue weighted by molar-refractivity contribution is -0.142. The molecule has 1 N–H and O–H groups in total. The number of carboxylic acids is 1. The van der Waals surface area contributed by atoms with Gasteiger partial charge in [-0.1, -0.05) is 36.4 Å². The first-order chi connectivity index (χ1) is 14.2. The van der Waals surface area contributed by atoms with Gasteiger partial charge in [-0.3, -0.25) is 19.7 Å². The smallest absolute Gasteiger partial charge is 0.320 e. The van der Waals surface area contributed by atoms with E-state index < -0.39 is 12.0 Å². The van der Waals surface area contributed by atoms with Crippen molar-refractivity contribution in [2.45, 2.75) is 24.9 Å². The molecule has 0 saturated carbocycles. The number of aliphatic carboxylic acids is 1. The number of carboxylic acid groups (broad SMARTS) is 1. The Kier molecular flexibility index (Phi) is 4.45. The van der Waals surface area contributed by atoms with Crippen molar-refractivity contribution in [2.75, 3.05) is 6.54 Å². The number of aromatic nitrogens is 2. The van der Waals surface area contributed by atoms with Crippen LogP contribution in [0.4, 0.5) is 0 Å². The third-order valence-corrected chi connectivity index (χ3v) is 5.82. The number of rotatable bonds is 4. The number of pyridine rings is 2. The van der Waals surface area contributed by atoms with Crippen molar-refractivity contribution in [1.29, 1.82) is 0 Å². The molecule has 1 fully saturated rings. The highest BCUT2D eigenvalue weighted by atomic mass is 16.4. The Balaban J connectivity index is 1.73. The van der Waals surface area contributed by atoms with E-state index in [1.807, 2.05) is 60.9 Å². The van der Waals surface area contributed by atoms with Gasteiger partial charge in [0.2, 0.25) is 0 Å². The summed E-state index contributed by atoms with van der Waals surface area (Å²) in [7, 11) is 0. The van der Waals surface area contributed by atoms with E-state index in [1.165, 1.54) is 0 Å². The second-order valence-corrected chi connectivity index (χ2v) is 7.52. The summed E-state index contributed by atoms with van der Waals surface area (Å²) in [5, 5.41) is 11.9. The maximum absolute atomic E-state index is 12.0. The minimum Gasteiger partial charge on any atom is -0.480 e. The van der Waals surface area contributed by atoms with Crippen LogP contribution in [0.2, 0.25) is 0 Å². The van der Waals surface area contributed by atoms with Gasteiger partial charge in [-0.05, 0) is 48.2 Å². The first-order valence-corrected chi connectivity index (χ1v) is 9.89. The zero-order valence-corrected chi connectivity index (χ0v) is 15.9. The fourth-order valence-corrected chi connectivity index (χ4v) is 4.51. The van der Waals surface area contributed by atoms with Crippen molar-refractivity contribution in [3.8, 4) is 0 Å². The van der Waals surface area contributed by atoms with Crippen molar-refractivity contribution in [1.82, 2.24) is 14.9 Å². The van der Waals surface area contributed by atoms with Crippen LogP contribution in [0.3, 0.4) is 0 Å². The average molecular weight is 383 g/mol. The normalized spacial score (nSPS) is 18.3. The van der Waals surface area contributed by atoms with Crippen LogP contribution in [-0.4, -0.2) is 38.5 Å². The summed E-state index contributed by atoms with van der Waals surface area (Å²) in [5.74, 6) is -0.764. The van der Waals surface area contributed by atoms with Crippen LogP contribution in [0.25, 0.3) is 21.8 Å². The van der Waals surface area contributed by atoms with Gasteiger partial charge in [0.25, 0.3) is 0 Å². The fourth-order valence-electron chi connectivity index (χ4n) is 4.51. The maximum atomic E-state index is 12.0. The lowest BCUT2D eigenvalue weighted by atomic mass is 9.94. The fraction of sp³-hybridized carbons (Fsp3) is 0.208. The van der Waals surface area contributed by atoms with E-state index in [2.05, 4.69) is 27.0 Å². The van der Waals surface area contributed by atoms with Crippen LogP contribution in [0.15, 0.2) is 73.1 Å². The second kappa shape index (κ2) is 7.26. The number of benzene rings is 2. The van der Waals surface area contributed by atoms with E-state index in [0.29, 0.717) is 6.42 Å². The van der Waals surface area contributed by atoms with Gasteiger partial charge < -0.3 is 5.11 Å². The SMILES string of the molecule is O=C(O)C1CCCN1C(c1cnc2ccccc2c1)c1ccnc2ccccc12. The molecule has 3 heterocycles. The van der Waals surface area contributed by atoms with Gasteiger partial charge in [-0.15, -0.1) is 0 Å². The predicted molar refractivity (Wildman–Crippen MR) is 113 cm³/mol. The Morgan fingerprint density at radius 1 is 1.03 bits per heavy atom. The van der Waals surface area contributed by atoms with Crippen LogP contribution in [0.5, 0.6) is 0 Å². The molecular weight excluding hydrogens is 362 g/mol. The average Bonchev–Trinajstić information content (AvgIpc) is 3.24. The highest BCUT2D eigenvalue weighted by Gasteiger charge is 2.37. The quantitative estimate of drug-likeness (QED) is 0.565. The molecule has 5 heteroatoms. The third-order valence-electron chi connectivity index (χ3n) is 5.82. The van der Waals surface area contributed by atoms with Crippen LogP contribution in [-0.2, 0) is 4.79 Å². The third kappa shape index (κ3) is 3.13. The number of likely N-dealkylation sites (tertiary alicyclic amines) is 1. The molecule has 144 valence electrons. The lowest BCUT2D eigenvalue weighted by Gasteiger charge is -2.32. The monoisotopic (exact) mass is 383 g/mol. The summed E-state index contributed by atoms with van der Waals surface area (Å²) >= 11 is 0. The summed E-state index contributed by atoms with van der Waals surface area (Å²) < 4.78 is 0. The van der Waals surface area contributed by atoms with Crippen molar-refractivity contribution < 1.29 is 9.90 Å². The molecule has 0 bridgehead atoms. The van der Waals surface area contributed by atoms with Gasteiger partial charge in [0, 0.05) is 29.7 Å². The summed E-state index contributed by atoms with van der Waals surface area (Å²) in [6.07, 6.45) is 5.23. The standard InChI is InChI=1S/C24H21N3O2/c28-24(29)22-10-5-13-27(22)23(17-14-16-6-1-3-8-20(16)26-15-17)19-11-12-25-21-9-4-2-7-18(19)21/h1-4,6-9,11-12,14-15,22-23H,5,10,13H2,(H,28,29). The van der Waals surface area contributed by atoms with Crippen LogP contribution in [0, 0.1) is 0 Å². The van der Waals surface area contributed by atoms with Crippen molar-refractivity contribution in [3.05, 3.63) is 84.2 Å². The molecule has 0 aliphatic carbocycles. The molecule has 29 heavy (non-hydrogen) atoms. The Morgan fingerprint density at radius 3 is 2.69 bits per heavy atom. The first kappa shape index (κ1) is 17.8. The number of hydrogen-bond donors (Lipinski definition) is 1. The van der Waals surface area contributed by atoms with Gasteiger partial charge in [0.1, 0.15) is 6.04 Å². The topological polar surface area (TPSA) is 66.3 Å². The Bertz CT molecular complexity index is 1200. The molecule has 0 radical (unpaired) electrons. The van der Waals surface area contributed by atoms with E-state index in [4.69, 9.17) is 0 Å². The first-order valence-electron chi connectivity index (χ1n) is 9.89. The van der Waals surface area contributed by atoms with Crippen LogP contribution >= 0.6 is 0 Å². The zero-order valence-electron chi connectivity index (χ0n) is 15.9. The summed E-state index contributed by atoms with van der Waals surface area (Å²) in [5.41, 5.74) is 3.93. The Morgan fingerprint density at radius 2 is 1.83 bits per heavy atom. The van der Waals surface area contributed by atoms with Gasteiger partial charge in [0.15, 0.2) is 0 Å². The molecule has 5 nitrogen and oxygen atoms in total. The van der Waals surface area contributed by atoms with Crippen LogP contribution in [0.1, 0.15) is 30.0 Å². The van der Waals surface area contributed by atoms with Crippen LogP contribution < -0.4 is 0 Å². The minimum atomic E-state index is -0.764. The van der Waals surface area contributed by atoms with Gasteiger partial charge in [0.05, 0.1) is 17.1 Å². The largest absolute Gasteiger partial charge is 0.480 e. The number of nitrogens with zero attached hydrogens (tertiary/aromatic N) is 3. The van der Waals surface area contributed by atoms with Crippen molar-refractivity contribution >= 4 is 27.8 Å². The molecule has 0 spiro atoms. The molecule has 5 rings (SSSR count). The van der Waals surface area contributed by atoms with Crippen molar-refractivity contribution in [3.63, 3.8) is 0 Å². The predicted octanol–water partition coefficient (Wildman–Crippen LogP) is 4.42. The maximum Gasteiger partial charge on any atom is 0.320 e. The zero-order chi connectivity index (χ0) is 19.8. The number of fused-ring (bicyclic) bond motifs is 2. The van der Waals surface area contributed by atoms with E-state index in [0.717, 1.165) is 45.9 Å². The van der Waals surface area contributed by atoms with Gasteiger partial charge in [-0.2, -0.15) is 0 Å². The summed E-state index contributed by atoms with van der Waals surface area (Å²) in [4.78, 5) is 23.2. The summed E-state index contributed by atoms with van der Waals surface area (Å²) in [6.45, 7) is 0.741. The molecule has 1 aliphatic rings. The molecule has 1 saturated heterocycles. The highest BCUT2D eigenvalue weighted by molar-refractivity contribution is 5.84. The molecular formula is C24H21N3O2. The molecule has 2 aromatic heterocycles. The van der Waals surface area contributed by atoms with E-state index in [-0.39, 0.29) is 6.04 Å². The van der Waals surface area contributed by atoms with E-state index in [9.17, 15) is 9.90 Å². The Hall–Kier alpha value is -3.31. The van der Waals surface area contributed by atoms with E-state index >= 15 is 0 Å². The molecule has 0 amide bonds. The number of carbonyl (C=O) groups is 1. The molecule has 2 atom stereocenters. The Labute approximate surface area is 168 Å². The summed E-state index contributed by atoms with van der Waals surface area (Å²) in [6, 6.07) is 19.5.